The first-order valence-electron chi connectivity index (χ1n) is 9.06. The van der Waals surface area contributed by atoms with Crippen molar-refractivity contribution in [2.24, 2.45) is 0 Å². The Morgan fingerprint density at radius 1 is 1.19 bits per heavy atom. The first-order chi connectivity index (χ1) is 12.8. The molecule has 0 saturated heterocycles. The second kappa shape index (κ2) is 8.67. The Balaban J connectivity index is 0.00000210. The monoisotopic (exact) mass is 403 g/mol. The number of hydrogen-bond donors (Lipinski definition) is 1. The van der Waals surface area contributed by atoms with Crippen molar-refractivity contribution in [3.05, 3.63) is 46.6 Å². The number of fused-ring (bicyclic) bond motifs is 2. The summed E-state index contributed by atoms with van der Waals surface area (Å²) in [7, 11) is 0. The van der Waals surface area contributed by atoms with Gasteiger partial charge >= 0.3 is 5.97 Å². The molecule has 0 spiro atoms. The maximum absolute atomic E-state index is 12.7. The van der Waals surface area contributed by atoms with E-state index < -0.39 is 0 Å². The van der Waals surface area contributed by atoms with Crippen molar-refractivity contribution in [2.75, 3.05) is 11.9 Å². The van der Waals surface area contributed by atoms with Crippen LogP contribution < -0.4 is 5.32 Å². The van der Waals surface area contributed by atoms with Crippen LogP contribution >= 0.6 is 23.7 Å². The third-order valence-electron chi connectivity index (χ3n) is 4.68. The van der Waals surface area contributed by atoms with Gasteiger partial charge in [0.05, 0.1) is 17.7 Å². The zero-order valence-corrected chi connectivity index (χ0v) is 16.8. The molecule has 0 radical (unpaired) electrons. The van der Waals surface area contributed by atoms with E-state index in [1.807, 2.05) is 31.2 Å². The minimum atomic E-state index is -0.243. The first kappa shape index (κ1) is 19.6. The van der Waals surface area contributed by atoms with Crippen molar-refractivity contribution in [1.29, 1.82) is 0 Å². The van der Waals surface area contributed by atoms with Gasteiger partial charge in [0.1, 0.15) is 17.1 Å². The molecule has 0 bridgehead atoms. The number of aryl methyl sites for hydroxylation is 1. The van der Waals surface area contributed by atoms with Crippen LogP contribution in [-0.4, -0.2) is 22.5 Å². The number of halogens is 1. The highest BCUT2D eigenvalue weighted by atomic mass is 35.5. The number of thiophene rings is 1. The van der Waals surface area contributed by atoms with Crippen molar-refractivity contribution in [2.45, 2.75) is 39.0 Å². The fraction of sp³-hybridized carbons (Fsp3) is 0.350. The lowest BCUT2D eigenvalue weighted by Crippen LogP contribution is -2.09. The van der Waals surface area contributed by atoms with Gasteiger partial charge in [-0.1, -0.05) is 18.6 Å². The molecule has 0 atom stereocenters. The number of nitrogens with zero attached hydrogens (tertiary/aromatic N) is 2. The van der Waals surface area contributed by atoms with Gasteiger partial charge in [-0.3, -0.25) is 0 Å². The Morgan fingerprint density at radius 3 is 2.85 bits per heavy atom. The molecule has 142 valence electrons. The molecule has 7 heteroatoms. The number of rotatable bonds is 4. The molecule has 1 aliphatic rings. The Labute approximate surface area is 168 Å². The highest BCUT2D eigenvalue weighted by Crippen LogP contribution is 2.39. The quantitative estimate of drug-likeness (QED) is 0.472. The number of hydrogen-bond acceptors (Lipinski definition) is 6. The standard InChI is InChI=1S/C20H21N3O2S.ClH/c1-2-25-20(24)17-14-9-4-3-5-11-16(14)26-19(17)23-18-13-8-6-7-10-15(13)21-12-22-18;/h6-8,10,12H,2-5,9,11H2,1H3,(H,21,22,23);1H. The van der Waals surface area contributed by atoms with Gasteiger partial charge in [-0.05, 0) is 50.3 Å². The van der Waals surface area contributed by atoms with E-state index in [9.17, 15) is 4.79 Å². The molecule has 1 N–H and O–H groups in total. The molecule has 2 aromatic heterocycles. The van der Waals surface area contributed by atoms with Gasteiger partial charge < -0.3 is 10.1 Å². The van der Waals surface area contributed by atoms with Crippen molar-refractivity contribution in [3.63, 3.8) is 0 Å². The number of anilines is 2. The molecule has 4 rings (SSSR count). The van der Waals surface area contributed by atoms with Gasteiger partial charge in [0, 0.05) is 10.3 Å². The van der Waals surface area contributed by atoms with Gasteiger partial charge in [-0.15, -0.1) is 23.7 Å². The van der Waals surface area contributed by atoms with E-state index >= 15 is 0 Å². The zero-order chi connectivity index (χ0) is 17.9. The van der Waals surface area contributed by atoms with E-state index in [0.717, 1.165) is 46.5 Å². The van der Waals surface area contributed by atoms with E-state index in [-0.39, 0.29) is 18.4 Å². The minimum absolute atomic E-state index is 0. The number of nitrogens with one attached hydrogen (secondary N) is 1. The molecule has 0 saturated carbocycles. The topological polar surface area (TPSA) is 64.1 Å². The van der Waals surface area contributed by atoms with Crippen LogP contribution in [-0.2, 0) is 17.6 Å². The molecule has 5 nitrogen and oxygen atoms in total. The average Bonchev–Trinajstić information content (AvgIpc) is 2.83. The van der Waals surface area contributed by atoms with Crippen LogP contribution in [0.4, 0.5) is 10.8 Å². The van der Waals surface area contributed by atoms with Crippen LogP contribution in [0.25, 0.3) is 10.9 Å². The van der Waals surface area contributed by atoms with E-state index in [2.05, 4.69) is 15.3 Å². The molecule has 27 heavy (non-hydrogen) atoms. The Morgan fingerprint density at radius 2 is 2.00 bits per heavy atom. The van der Waals surface area contributed by atoms with Gasteiger partial charge in [-0.2, -0.15) is 0 Å². The maximum atomic E-state index is 12.7. The molecule has 0 unspecified atom stereocenters. The van der Waals surface area contributed by atoms with E-state index in [4.69, 9.17) is 4.74 Å². The Bertz CT molecular complexity index is 952. The summed E-state index contributed by atoms with van der Waals surface area (Å²) in [5, 5.41) is 5.17. The van der Waals surface area contributed by atoms with Crippen LogP contribution in [0.2, 0.25) is 0 Å². The highest BCUT2D eigenvalue weighted by molar-refractivity contribution is 7.16. The van der Waals surface area contributed by atoms with Gasteiger partial charge in [0.2, 0.25) is 0 Å². The summed E-state index contributed by atoms with van der Waals surface area (Å²) in [5.41, 5.74) is 2.73. The molecular weight excluding hydrogens is 382 g/mol. The molecule has 2 heterocycles. The normalized spacial score (nSPS) is 13.4. The SMILES string of the molecule is CCOC(=O)c1c(Nc2ncnc3ccccc23)sc2c1CCCCC2.Cl. The predicted octanol–water partition coefficient (Wildman–Crippen LogP) is 5.30. The summed E-state index contributed by atoms with van der Waals surface area (Å²) in [6, 6.07) is 7.86. The van der Waals surface area contributed by atoms with Crippen molar-refractivity contribution in [3.8, 4) is 0 Å². The zero-order valence-electron chi connectivity index (χ0n) is 15.2. The number of benzene rings is 1. The molecule has 0 amide bonds. The smallest absolute Gasteiger partial charge is 0.341 e. The summed E-state index contributed by atoms with van der Waals surface area (Å²) >= 11 is 1.66. The largest absolute Gasteiger partial charge is 0.462 e. The number of carbonyl (C=O) groups is 1. The molecule has 0 aliphatic heterocycles. The van der Waals surface area contributed by atoms with Crippen molar-refractivity contribution < 1.29 is 9.53 Å². The van der Waals surface area contributed by atoms with Gasteiger partial charge in [-0.25, -0.2) is 14.8 Å². The Kier molecular flexibility index (Phi) is 6.29. The summed E-state index contributed by atoms with van der Waals surface area (Å²) in [4.78, 5) is 22.7. The van der Waals surface area contributed by atoms with Gasteiger partial charge in [0.15, 0.2) is 0 Å². The number of esters is 1. The third kappa shape index (κ3) is 3.92. The Hall–Kier alpha value is -2.18. The van der Waals surface area contributed by atoms with Crippen molar-refractivity contribution in [1.82, 2.24) is 9.97 Å². The minimum Gasteiger partial charge on any atom is -0.462 e. The van der Waals surface area contributed by atoms with E-state index in [1.165, 1.54) is 17.7 Å². The summed E-state index contributed by atoms with van der Waals surface area (Å²) in [6.45, 7) is 2.22. The van der Waals surface area contributed by atoms with Gasteiger partial charge in [0.25, 0.3) is 0 Å². The average molecular weight is 404 g/mol. The molecule has 3 aromatic rings. The fourth-order valence-corrected chi connectivity index (χ4v) is 4.74. The van der Waals surface area contributed by atoms with Crippen molar-refractivity contribution >= 4 is 51.4 Å². The highest BCUT2D eigenvalue weighted by Gasteiger charge is 2.26. The van der Waals surface area contributed by atoms with Crippen LogP contribution in [0, 0.1) is 0 Å². The van der Waals surface area contributed by atoms with Crippen LogP contribution in [0.3, 0.4) is 0 Å². The lowest BCUT2D eigenvalue weighted by atomic mass is 10.1. The predicted molar refractivity (Wildman–Crippen MR) is 112 cm³/mol. The summed E-state index contributed by atoms with van der Waals surface area (Å²) in [5.74, 6) is 0.477. The third-order valence-corrected chi connectivity index (χ3v) is 5.88. The lowest BCUT2D eigenvalue weighted by molar-refractivity contribution is 0.0527. The molecular formula is C20H22ClN3O2S. The second-order valence-electron chi connectivity index (χ2n) is 6.35. The molecule has 1 aromatic carbocycles. The van der Waals surface area contributed by atoms with E-state index in [0.29, 0.717) is 12.2 Å². The maximum Gasteiger partial charge on any atom is 0.341 e. The number of carbonyl (C=O) groups excluding carboxylic acids is 1. The fourth-order valence-electron chi connectivity index (χ4n) is 3.46. The van der Waals surface area contributed by atoms with Crippen LogP contribution in [0.1, 0.15) is 47.0 Å². The lowest BCUT2D eigenvalue weighted by Gasteiger charge is -2.10. The first-order valence-corrected chi connectivity index (χ1v) is 9.88. The van der Waals surface area contributed by atoms with E-state index in [1.54, 1.807) is 17.7 Å². The second-order valence-corrected chi connectivity index (χ2v) is 7.46. The number of para-hydroxylation sites is 1. The van der Waals surface area contributed by atoms with Crippen LogP contribution in [0.15, 0.2) is 30.6 Å². The molecule has 1 aliphatic carbocycles. The number of aromatic nitrogens is 2. The molecule has 0 fully saturated rings. The van der Waals surface area contributed by atoms with Crippen LogP contribution in [0.5, 0.6) is 0 Å². The summed E-state index contributed by atoms with van der Waals surface area (Å²) < 4.78 is 5.35. The summed E-state index contributed by atoms with van der Waals surface area (Å²) in [6.07, 6.45) is 7.01. The number of ether oxygens (including phenoxy) is 1.